The van der Waals surface area contributed by atoms with Gasteiger partial charge in [-0.3, -0.25) is 9.59 Å². The van der Waals surface area contributed by atoms with Gasteiger partial charge in [-0.1, -0.05) is 25.1 Å². The third-order valence-electron chi connectivity index (χ3n) is 4.69. The van der Waals surface area contributed by atoms with E-state index in [-0.39, 0.29) is 18.2 Å². The first kappa shape index (κ1) is 18.0. The van der Waals surface area contributed by atoms with Crippen molar-refractivity contribution in [1.82, 2.24) is 0 Å². The van der Waals surface area contributed by atoms with Crippen molar-refractivity contribution in [3.63, 3.8) is 0 Å². The molecule has 1 aliphatic heterocycles. The highest BCUT2D eigenvalue weighted by atomic mass is 16.5. The van der Waals surface area contributed by atoms with E-state index in [1.165, 1.54) is 5.56 Å². The molecule has 0 radical (unpaired) electrons. The summed E-state index contributed by atoms with van der Waals surface area (Å²) in [5.41, 5.74) is 3.81. The Bertz CT molecular complexity index is 832. The Morgan fingerprint density at radius 2 is 1.92 bits per heavy atom. The molecule has 26 heavy (non-hydrogen) atoms. The van der Waals surface area contributed by atoms with E-state index in [0.29, 0.717) is 18.7 Å². The number of fused-ring (bicyclic) bond motifs is 1. The summed E-state index contributed by atoms with van der Waals surface area (Å²) in [6.45, 7) is 6.29. The number of aryl methyl sites for hydroxylation is 2. The fraction of sp³-hybridized carbons (Fsp3) is 0.333. The van der Waals surface area contributed by atoms with E-state index in [1.54, 1.807) is 4.90 Å². The van der Waals surface area contributed by atoms with E-state index >= 15 is 0 Å². The number of nitrogens with zero attached hydrogens (tertiary/aromatic N) is 1. The van der Waals surface area contributed by atoms with Gasteiger partial charge >= 0.3 is 0 Å². The molecule has 5 heteroatoms. The smallest absolute Gasteiger partial charge is 0.268 e. The van der Waals surface area contributed by atoms with Gasteiger partial charge in [-0.25, -0.2) is 0 Å². The van der Waals surface area contributed by atoms with E-state index in [2.05, 4.69) is 5.32 Å². The highest BCUT2D eigenvalue weighted by molar-refractivity contribution is 6.01. The number of nitrogens with one attached hydrogen (secondary N) is 1. The molecule has 3 rings (SSSR count). The molecule has 2 amide bonds. The molecule has 0 aromatic heterocycles. The van der Waals surface area contributed by atoms with Crippen LogP contribution in [0.5, 0.6) is 5.75 Å². The van der Waals surface area contributed by atoms with Gasteiger partial charge in [0, 0.05) is 18.7 Å². The molecule has 0 fully saturated rings. The van der Waals surface area contributed by atoms with Gasteiger partial charge in [0.05, 0.1) is 5.69 Å². The van der Waals surface area contributed by atoms with Crippen molar-refractivity contribution >= 4 is 23.2 Å². The van der Waals surface area contributed by atoms with Gasteiger partial charge in [-0.05, 0) is 55.7 Å². The number of carbonyl (C=O) groups is 2. The standard InChI is InChI=1S/C21H24N2O3/c1-4-18-21(25)23(17-7-5-6-8-19(17)26-18)12-11-20(24)22-16-10-9-14(2)15(3)13-16/h5-10,13,18H,4,11-12H2,1-3H3,(H,22,24). The lowest BCUT2D eigenvalue weighted by atomic mass is 10.1. The number of hydrogen-bond donors (Lipinski definition) is 1. The zero-order valence-corrected chi connectivity index (χ0v) is 15.4. The summed E-state index contributed by atoms with van der Waals surface area (Å²) in [6, 6.07) is 13.3. The molecule has 2 aromatic rings. The fourth-order valence-corrected chi connectivity index (χ4v) is 3.02. The van der Waals surface area contributed by atoms with E-state index < -0.39 is 6.10 Å². The normalized spacial score (nSPS) is 16.0. The zero-order valence-electron chi connectivity index (χ0n) is 15.4. The first-order valence-electron chi connectivity index (χ1n) is 8.93. The van der Waals surface area contributed by atoms with Crippen molar-refractivity contribution in [3.05, 3.63) is 53.6 Å². The number of para-hydroxylation sites is 2. The number of anilines is 2. The van der Waals surface area contributed by atoms with Gasteiger partial charge in [-0.2, -0.15) is 0 Å². The maximum Gasteiger partial charge on any atom is 0.268 e. The topological polar surface area (TPSA) is 58.6 Å². The molecule has 0 aliphatic carbocycles. The number of rotatable bonds is 5. The average Bonchev–Trinajstić information content (AvgIpc) is 2.63. The van der Waals surface area contributed by atoms with Crippen LogP contribution in [0.4, 0.5) is 11.4 Å². The molecule has 1 N–H and O–H groups in total. The quantitative estimate of drug-likeness (QED) is 0.889. The Kier molecular flexibility index (Phi) is 5.26. The summed E-state index contributed by atoms with van der Waals surface area (Å²) < 4.78 is 5.76. The van der Waals surface area contributed by atoms with Crippen LogP contribution in [0.25, 0.3) is 0 Å². The van der Waals surface area contributed by atoms with Crippen molar-refractivity contribution in [1.29, 1.82) is 0 Å². The monoisotopic (exact) mass is 352 g/mol. The lowest BCUT2D eigenvalue weighted by Crippen LogP contribution is -2.46. The van der Waals surface area contributed by atoms with Crippen LogP contribution in [0.2, 0.25) is 0 Å². The van der Waals surface area contributed by atoms with Gasteiger partial charge in [0.1, 0.15) is 5.75 Å². The van der Waals surface area contributed by atoms with E-state index in [1.807, 2.05) is 63.2 Å². The first-order chi connectivity index (χ1) is 12.5. The van der Waals surface area contributed by atoms with Gasteiger partial charge in [0.25, 0.3) is 5.91 Å². The van der Waals surface area contributed by atoms with Crippen LogP contribution in [0, 0.1) is 13.8 Å². The molecule has 0 spiro atoms. The van der Waals surface area contributed by atoms with Crippen LogP contribution in [-0.2, 0) is 9.59 Å². The molecule has 2 aromatic carbocycles. The Hall–Kier alpha value is -2.82. The van der Waals surface area contributed by atoms with Crippen molar-refractivity contribution in [2.75, 3.05) is 16.8 Å². The summed E-state index contributed by atoms with van der Waals surface area (Å²) in [7, 11) is 0. The van der Waals surface area contributed by atoms with Crippen molar-refractivity contribution in [3.8, 4) is 5.75 Å². The second kappa shape index (κ2) is 7.60. The molecule has 0 bridgehead atoms. The number of carbonyl (C=O) groups excluding carboxylic acids is 2. The van der Waals surface area contributed by atoms with Crippen LogP contribution in [0.1, 0.15) is 30.9 Å². The second-order valence-corrected chi connectivity index (χ2v) is 6.57. The average molecular weight is 352 g/mol. The third-order valence-corrected chi connectivity index (χ3v) is 4.69. The summed E-state index contributed by atoms with van der Waals surface area (Å²) in [5, 5.41) is 2.91. The van der Waals surface area contributed by atoms with Crippen LogP contribution in [-0.4, -0.2) is 24.5 Å². The molecule has 1 atom stereocenters. The van der Waals surface area contributed by atoms with Crippen LogP contribution in [0.3, 0.4) is 0 Å². The zero-order chi connectivity index (χ0) is 18.7. The molecule has 0 saturated carbocycles. The number of amides is 2. The van der Waals surface area contributed by atoms with Crippen molar-refractivity contribution in [2.45, 2.75) is 39.7 Å². The first-order valence-corrected chi connectivity index (χ1v) is 8.93. The minimum absolute atomic E-state index is 0.0924. The molecule has 1 heterocycles. The summed E-state index contributed by atoms with van der Waals surface area (Å²) >= 11 is 0. The van der Waals surface area contributed by atoms with E-state index in [4.69, 9.17) is 4.74 Å². The molecule has 136 valence electrons. The van der Waals surface area contributed by atoms with E-state index in [9.17, 15) is 9.59 Å². The Balaban J connectivity index is 1.68. The molecular weight excluding hydrogens is 328 g/mol. The van der Waals surface area contributed by atoms with Crippen molar-refractivity contribution < 1.29 is 14.3 Å². The lowest BCUT2D eigenvalue weighted by Gasteiger charge is -2.33. The lowest BCUT2D eigenvalue weighted by molar-refractivity contribution is -0.126. The molecular formula is C21H24N2O3. The maximum absolute atomic E-state index is 12.6. The summed E-state index contributed by atoms with van der Waals surface area (Å²) in [6.07, 6.45) is 0.329. The number of ether oxygens (including phenoxy) is 1. The number of benzene rings is 2. The minimum Gasteiger partial charge on any atom is -0.478 e. The van der Waals surface area contributed by atoms with E-state index in [0.717, 1.165) is 16.9 Å². The fourth-order valence-electron chi connectivity index (χ4n) is 3.02. The van der Waals surface area contributed by atoms with Crippen molar-refractivity contribution in [2.24, 2.45) is 0 Å². The molecule has 1 unspecified atom stereocenters. The minimum atomic E-state index is -0.493. The Morgan fingerprint density at radius 1 is 1.15 bits per heavy atom. The SMILES string of the molecule is CCC1Oc2ccccc2N(CCC(=O)Nc2ccc(C)c(C)c2)C1=O. The van der Waals surface area contributed by atoms with Gasteiger partial charge < -0.3 is 15.0 Å². The third kappa shape index (κ3) is 3.72. The molecule has 0 saturated heterocycles. The largest absolute Gasteiger partial charge is 0.478 e. The highest BCUT2D eigenvalue weighted by Gasteiger charge is 2.33. The molecule has 5 nitrogen and oxygen atoms in total. The molecule has 1 aliphatic rings. The van der Waals surface area contributed by atoms with Crippen LogP contribution in [0.15, 0.2) is 42.5 Å². The number of hydrogen-bond acceptors (Lipinski definition) is 3. The van der Waals surface area contributed by atoms with Gasteiger partial charge in [0.15, 0.2) is 6.10 Å². The Morgan fingerprint density at radius 3 is 2.65 bits per heavy atom. The highest BCUT2D eigenvalue weighted by Crippen LogP contribution is 2.34. The predicted octanol–water partition coefficient (Wildman–Crippen LogP) is 3.84. The van der Waals surface area contributed by atoms with Gasteiger partial charge in [-0.15, -0.1) is 0 Å². The van der Waals surface area contributed by atoms with Gasteiger partial charge in [0.2, 0.25) is 5.91 Å². The predicted molar refractivity (Wildman–Crippen MR) is 103 cm³/mol. The van der Waals surface area contributed by atoms with Crippen LogP contribution >= 0.6 is 0 Å². The van der Waals surface area contributed by atoms with Crippen LogP contribution < -0.4 is 15.0 Å². The summed E-state index contributed by atoms with van der Waals surface area (Å²) in [4.78, 5) is 26.6. The Labute approximate surface area is 154 Å². The summed E-state index contributed by atoms with van der Waals surface area (Å²) in [5.74, 6) is 0.483. The second-order valence-electron chi connectivity index (χ2n) is 6.57. The maximum atomic E-state index is 12.6.